The normalized spacial score (nSPS) is 10.9. The van der Waals surface area contributed by atoms with E-state index in [1.807, 2.05) is 0 Å². The molecule has 204 valence electrons. The highest BCUT2D eigenvalue weighted by Crippen LogP contribution is 2.18. The number of carbonyl (C=O) groups is 3. The Kier molecular flexibility index (Phi) is 9.47. The van der Waals surface area contributed by atoms with Gasteiger partial charge in [0.05, 0.1) is 11.1 Å². The summed E-state index contributed by atoms with van der Waals surface area (Å²) in [4.78, 5) is 47.9. The van der Waals surface area contributed by atoms with E-state index in [0.717, 1.165) is 10.5 Å². The standard InChI is InChI=1S/C30H21BrN4O6/c31-24-14-12-21(13-15-24)29(37)33-25-8-4-7-22(18-25)30(38)34-32-19-23-6-1-2-10-27(23)41-28(36)16-11-20-5-3-9-26(17-20)35(39)40/h1-19H,(H,33,37)(H,34,38)/b16-11+,32-19?. The van der Waals surface area contributed by atoms with E-state index in [2.05, 4.69) is 31.8 Å². The minimum atomic E-state index is -0.705. The molecule has 0 fully saturated rings. The zero-order valence-electron chi connectivity index (χ0n) is 21.2. The van der Waals surface area contributed by atoms with Crippen LogP contribution in [0.25, 0.3) is 6.08 Å². The Morgan fingerprint density at radius 2 is 1.61 bits per heavy atom. The van der Waals surface area contributed by atoms with Crippen LogP contribution in [0.4, 0.5) is 11.4 Å². The lowest BCUT2D eigenvalue weighted by atomic mass is 10.1. The number of rotatable bonds is 9. The summed E-state index contributed by atoms with van der Waals surface area (Å²) in [5, 5.41) is 17.6. The van der Waals surface area contributed by atoms with Gasteiger partial charge in [-0.1, -0.05) is 46.3 Å². The molecular formula is C30H21BrN4O6. The number of halogens is 1. The lowest BCUT2D eigenvalue weighted by Crippen LogP contribution is -2.18. The van der Waals surface area contributed by atoms with Gasteiger partial charge < -0.3 is 10.1 Å². The molecule has 0 spiro atoms. The number of hydrogen-bond acceptors (Lipinski definition) is 7. The second kappa shape index (κ2) is 13.6. The van der Waals surface area contributed by atoms with Gasteiger partial charge in [0.2, 0.25) is 0 Å². The lowest BCUT2D eigenvalue weighted by Gasteiger charge is -2.07. The fourth-order valence-corrected chi connectivity index (χ4v) is 3.76. The molecule has 41 heavy (non-hydrogen) atoms. The van der Waals surface area contributed by atoms with Crippen molar-refractivity contribution in [3.05, 3.63) is 140 Å². The molecule has 2 N–H and O–H groups in total. The van der Waals surface area contributed by atoms with E-state index in [0.29, 0.717) is 22.4 Å². The van der Waals surface area contributed by atoms with Crippen LogP contribution >= 0.6 is 15.9 Å². The van der Waals surface area contributed by atoms with Gasteiger partial charge in [0.1, 0.15) is 5.75 Å². The Balaban J connectivity index is 1.36. The first kappa shape index (κ1) is 28.6. The van der Waals surface area contributed by atoms with Crippen LogP contribution in [0.2, 0.25) is 0 Å². The molecule has 2 amide bonds. The molecule has 4 aromatic rings. The molecule has 0 bridgehead atoms. The van der Waals surface area contributed by atoms with Crippen LogP contribution in [0.15, 0.2) is 113 Å². The van der Waals surface area contributed by atoms with Crippen molar-refractivity contribution >= 4 is 57.4 Å². The summed E-state index contributed by atoms with van der Waals surface area (Å²) in [5.41, 5.74) is 4.36. The predicted octanol–water partition coefficient (Wildman–Crippen LogP) is 5.99. The Morgan fingerprint density at radius 1 is 0.854 bits per heavy atom. The SMILES string of the molecule is O=C(/C=C/c1cccc([N+](=O)[O-])c1)Oc1ccccc1C=NNC(=O)c1cccc(NC(=O)c2ccc(Br)cc2)c1. The highest BCUT2D eigenvalue weighted by molar-refractivity contribution is 9.10. The van der Waals surface area contributed by atoms with Gasteiger partial charge in [-0.05, 0) is 66.2 Å². The zero-order chi connectivity index (χ0) is 29.2. The first-order valence-corrected chi connectivity index (χ1v) is 12.8. The van der Waals surface area contributed by atoms with Crippen LogP contribution in [0, 0.1) is 10.1 Å². The maximum Gasteiger partial charge on any atom is 0.336 e. The van der Waals surface area contributed by atoms with E-state index in [4.69, 9.17) is 4.74 Å². The largest absolute Gasteiger partial charge is 0.423 e. The number of nitro benzene ring substituents is 1. The third-order valence-electron chi connectivity index (χ3n) is 5.48. The fraction of sp³-hybridized carbons (Fsp3) is 0. The average molecular weight is 613 g/mol. The molecule has 0 aromatic heterocycles. The molecule has 0 atom stereocenters. The van der Waals surface area contributed by atoms with Crippen molar-refractivity contribution in [3.63, 3.8) is 0 Å². The Bertz CT molecular complexity index is 1670. The van der Waals surface area contributed by atoms with Gasteiger partial charge in [0, 0.05) is 45.1 Å². The van der Waals surface area contributed by atoms with Gasteiger partial charge in [-0.25, -0.2) is 10.2 Å². The number of hydrogen-bond donors (Lipinski definition) is 2. The molecule has 0 heterocycles. The van der Waals surface area contributed by atoms with E-state index in [-0.39, 0.29) is 22.9 Å². The Hall–Kier alpha value is -5.42. The fourth-order valence-electron chi connectivity index (χ4n) is 3.50. The number of carbonyl (C=O) groups excluding carboxylic acids is 3. The van der Waals surface area contributed by atoms with Crippen molar-refractivity contribution < 1.29 is 24.0 Å². The van der Waals surface area contributed by atoms with Gasteiger partial charge in [-0.2, -0.15) is 5.10 Å². The lowest BCUT2D eigenvalue weighted by molar-refractivity contribution is -0.384. The highest BCUT2D eigenvalue weighted by atomic mass is 79.9. The maximum absolute atomic E-state index is 12.6. The number of nitrogens with zero attached hydrogens (tertiary/aromatic N) is 2. The summed E-state index contributed by atoms with van der Waals surface area (Å²) in [5.74, 6) is -1.35. The van der Waals surface area contributed by atoms with Gasteiger partial charge in [0.25, 0.3) is 17.5 Å². The molecule has 11 heteroatoms. The maximum atomic E-state index is 12.6. The number of hydrazone groups is 1. The van der Waals surface area contributed by atoms with E-state index in [9.17, 15) is 24.5 Å². The van der Waals surface area contributed by atoms with Crippen molar-refractivity contribution in [1.82, 2.24) is 5.43 Å². The molecule has 4 aromatic carbocycles. The average Bonchev–Trinajstić information content (AvgIpc) is 2.97. The second-order valence-corrected chi connectivity index (χ2v) is 9.30. The van der Waals surface area contributed by atoms with Crippen molar-refractivity contribution in [2.75, 3.05) is 5.32 Å². The van der Waals surface area contributed by atoms with E-state index < -0.39 is 16.8 Å². The molecular weight excluding hydrogens is 592 g/mol. The van der Waals surface area contributed by atoms with Crippen LogP contribution < -0.4 is 15.5 Å². The van der Waals surface area contributed by atoms with Crippen molar-refractivity contribution in [2.24, 2.45) is 5.10 Å². The molecule has 10 nitrogen and oxygen atoms in total. The van der Waals surface area contributed by atoms with Crippen molar-refractivity contribution in [3.8, 4) is 5.75 Å². The number of anilines is 1. The molecule has 4 rings (SSSR count). The number of para-hydroxylation sites is 1. The van der Waals surface area contributed by atoms with Gasteiger partial charge in [0.15, 0.2) is 0 Å². The predicted molar refractivity (Wildman–Crippen MR) is 158 cm³/mol. The van der Waals surface area contributed by atoms with E-state index >= 15 is 0 Å². The Morgan fingerprint density at radius 3 is 2.39 bits per heavy atom. The van der Waals surface area contributed by atoms with E-state index in [1.54, 1.807) is 72.8 Å². The first-order chi connectivity index (χ1) is 19.8. The zero-order valence-corrected chi connectivity index (χ0v) is 22.8. The smallest absolute Gasteiger partial charge is 0.336 e. The number of amides is 2. The monoisotopic (exact) mass is 612 g/mol. The van der Waals surface area contributed by atoms with Crippen LogP contribution in [0.1, 0.15) is 31.8 Å². The molecule has 0 saturated carbocycles. The third kappa shape index (κ3) is 8.28. The summed E-state index contributed by atoms with van der Waals surface area (Å²) in [6.45, 7) is 0. The van der Waals surface area contributed by atoms with Crippen LogP contribution in [0.5, 0.6) is 5.75 Å². The summed E-state index contributed by atoms with van der Waals surface area (Å²) in [6.07, 6.45) is 3.88. The highest BCUT2D eigenvalue weighted by Gasteiger charge is 2.10. The summed E-state index contributed by atoms with van der Waals surface area (Å²) >= 11 is 3.33. The minimum Gasteiger partial charge on any atom is -0.423 e. The Labute approximate surface area is 242 Å². The molecule has 0 unspecified atom stereocenters. The van der Waals surface area contributed by atoms with Gasteiger partial charge in [-0.3, -0.25) is 19.7 Å². The topological polar surface area (TPSA) is 140 Å². The molecule has 0 aliphatic carbocycles. The first-order valence-electron chi connectivity index (χ1n) is 12.0. The van der Waals surface area contributed by atoms with Gasteiger partial charge >= 0.3 is 5.97 Å². The molecule has 0 aliphatic rings. The quantitative estimate of drug-likeness (QED) is 0.0594. The second-order valence-electron chi connectivity index (χ2n) is 8.39. The number of benzene rings is 4. The van der Waals surface area contributed by atoms with E-state index in [1.165, 1.54) is 36.6 Å². The number of nitrogens with one attached hydrogen (secondary N) is 2. The molecule has 0 aliphatic heterocycles. The number of esters is 1. The minimum absolute atomic E-state index is 0.0960. The van der Waals surface area contributed by atoms with Crippen molar-refractivity contribution in [1.29, 1.82) is 0 Å². The summed E-state index contributed by atoms with van der Waals surface area (Å²) < 4.78 is 6.23. The molecule has 0 saturated heterocycles. The number of non-ortho nitro benzene ring substituents is 1. The van der Waals surface area contributed by atoms with Crippen LogP contribution in [-0.4, -0.2) is 28.9 Å². The number of nitro groups is 1. The number of ether oxygens (including phenoxy) is 1. The summed E-state index contributed by atoms with van der Waals surface area (Å²) in [7, 11) is 0. The molecule has 0 radical (unpaired) electrons. The van der Waals surface area contributed by atoms with Crippen LogP contribution in [0.3, 0.4) is 0 Å². The van der Waals surface area contributed by atoms with Crippen LogP contribution in [-0.2, 0) is 4.79 Å². The van der Waals surface area contributed by atoms with Crippen molar-refractivity contribution in [2.45, 2.75) is 0 Å². The third-order valence-corrected chi connectivity index (χ3v) is 6.01. The summed E-state index contributed by atoms with van der Waals surface area (Å²) in [6, 6.07) is 25.6. The van der Waals surface area contributed by atoms with Gasteiger partial charge in [-0.15, -0.1) is 0 Å².